The largest absolute Gasteiger partial charge is 0.371 e. The van der Waals surface area contributed by atoms with E-state index in [-0.39, 0.29) is 5.78 Å². The quantitative estimate of drug-likeness (QED) is 0.506. The standard InChI is InChI=1S/C29H32N2O/c1-21-6-5-7-24(18-21)29(32)19-22-10-12-23(13-11-22)27-20-28(27)30-25-14-16-31(17-15-25)26-8-3-2-4-9-26/h2-13,18,25,27-28,30H,14-17,19-20H2,1H3. The summed E-state index contributed by atoms with van der Waals surface area (Å²) in [5, 5.41) is 3.91. The highest BCUT2D eigenvalue weighted by Gasteiger charge is 2.39. The molecule has 2 fully saturated rings. The van der Waals surface area contributed by atoms with Crippen LogP contribution < -0.4 is 10.2 Å². The minimum Gasteiger partial charge on any atom is -0.371 e. The number of piperidine rings is 1. The molecule has 0 aromatic heterocycles. The molecule has 2 aliphatic rings. The first-order chi connectivity index (χ1) is 15.7. The van der Waals surface area contributed by atoms with E-state index in [4.69, 9.17) is 0 Å². The zero-order valence-corrected chi connectivity index (χ0v) is 18.8. The molecular weight excluding hydrogens is 392 g/mol. The zero-order chi connectivity index (χ0) is 21.9. The highest BCUT2D eigenvalue weighted by Crippen LogP contribution is 2.41. The number of hydrogen-bond donors (Lipinski definition) is 1. The molecule has 1 saturated heterocycles. The van der Waals surface area contributed by atoms with Gasteiger partial charge in [-0.05, 0) is 55.5 Å². The van der Waals surface area contributed by atoms with Crippen molar-refractivity contribution in [3.05, 3.63) is 101 Å². The molecule has 0 amide bonds. The number of aryl methyl sites for hydroxylation is 1. The van der Waals surface area contributed by atoms with Gasteiger partial charge in [-0.15, -0.1) is 0 Å². The average Bonchev–Trinajstić information content (AvgIpc) is 3.59. The first-order valence-electron chi connectivity index (χ1n) is 11.9. The van der Waals surface area contributed by atoms with Crippen molar-refractivity contribution in [2.75, 3.05) is 18.0 Å². The highest BCUT2D eigenvalue weighted by atomic mass is 16.1. The van der Waals surface area contributed by atoms with Crippen LogP contribution in [-0.2, 0) is 6.42 Å². The maximum Gasteiger partial charge on any atom is 0.167 e. The molecule has 1 N–H and O–H groups in total. The van der Waals surface area contributed by atoms with E-state index in [2.05, 4.69) is 64.8 Å². The van der Waals surface area contributed by atoms with Crippen LogP contribution in [0, 0.1) is 6.92 Å². The maximum atomic E-state index is 12.6. The predicted octanol–water partition coefficient (Wildman–Crippen LogP) is 5.53. The van der Waals surface area contributed by atoms with E-state index in [0.29, 0.717) is 24.4 Å². The first kappa shape index (κ1) is 21.0. The lowest BCUT2D eigenvalue weighted by Crippen LogP contribution is -2.43. The summed E-state index contributed by atoms with van der Waals surface area (Å²) in [6.07, 6.45) is 4.10. The van der Waals surface area contributed by atoms with E-state index in [1.807, 2.05) is 31.2 Å². The Labute approximate surface area is 191 Å². The van der Waals surface area contributed by atoms with E-state index < -0.39 is 0 Å². The molecule has 164 valence electrons. The summed E-state index contributed by atoms with van der Waals surface area (Å²) in [6.45, 7) is 4.28. The topological polar surface area (TPSA) is 32.3 Å². The molecule has 0 radical (unpaired) electrons. The monoisotopic (exact) mass is 424 g/mol. The number of rotatable bonds is 7. The molecule has 0 bridgehead atoms. The first-order valence-corrected chi connectivity index (χ1v) is 11.9. The summed E-state index contributed by atoms with van der Waals surface area (Å²) in [5.41, 5.74) is 5.77. The number of nitrogens with zero attached hydrogens (tertiary/aromatic N) is 1. The van der Waals surface area contributed by atoms with Crippen molar-refractivity contribution in [2.45, 2.75) is 50.6 Å². The smallest absolute Gasteiger partial charge is 0.167 e. The van der Waals surface area contributed by atoms with Gasteiger partial charge in [0.05, 0.1) is 0 Å². The van der Waals surface area contributed by atoms with Gasteiger partial charge in [-0.3, -0.25) is 4.79 Å². The van der Waals surface area contributed by atoms with Gasteiger partial charge in [-0.25, -0.2) is 0 Å². The molecule has 1 aliphatic carbocycles. The normalized spacial score (nSPS) is 20.8. The Morgan fingerprint density at radius 2 is 1.69 bits per heavy atom. The lowest BCUT2D eigenvalue weighted by Gasteiger charge is -2.34. The van der Waals surface area contributed by atoms with Crippen LogP contribution in [0.15, 0.2) is 78.9 Å². The summed E-state index contributed by atoms with van der Waals surface area (Å²) in [7, 11) is 0. The van der Waals surface area contributed by atoms with E-state index in [1.165, 1.54) is 30.5 Å². The summed E-state index contributed by atoms with van der Waals surface area (Å²) in [6, 6.07) is 28.6. The number of carbonyl (C=O) groups is 1. The van der Waals surface area contributed by atoms with Crippen LogP contribution in [0.3, 0.4) is 0 Å². The van der Waals surface area contributed by atoms with Crippen molar-refractivity contribution >= 4 is 11.5 Å². The molecule has 3 aromatic rings. The highest BCUT2D eigenvalue weighted by molar-refractivity contribution is 5.97. The second-order valence-electron chi connectivity index (χ2n) is 9.42. The van der Waals surface area contributed by atoms with Gasteiger partial charge in [-0.2, -0.15) is 0 Å². The Bertz CT molecular complexity index is 1050. The molecule has 3 aromatic carbocycles. The third-order valence-electron chi connectivity index (χ3n) is 6.97. The summed E-state index contributed by atoms with van der Waals surface area (Å²) >= 11 is 0. The van der Waals surface area contributed by atoms with E-state index >= 15 is 0 Å². The molecule has 32 heavy (non-hydrogen) atoms. The van der Waals surface area contributed by atoms with Gasteiger partial charge in [0.1, 0.15) is 0 Å². The van der Waals surface area contributed by atoms with Crippen molar-refractivity contribution in [1.29, 1.82) is 0 Å². The number of para-hydroxylation sites is 1. The van der Waals surface area contributed by atoms with Crippen LogP contribution >= 0.6 is 0 Å². The van der Waals surface area contributed by atoms with E-state index in [1.54, 1.807) is 0 Å². The Morgan fingerprint density at radius 3 is 2.41 bits per heavy atom. The van der Waals surface area contributed by atoms with Crippen molar-refractivity contribution in [1.82, 2.24) is 5.32 Å². The third kappa shape index (κ3) is 4.94. The molecule has 0 spiro atoms. The second-order valence-corrected chi connectivity index (χ2v) is 9.42. The summed E-state index contributed by atoms with van der Waals surface area (Å²) in [4.78, 5) is 15.1. The minimum atomic E-state index is 0.189. The number of carbonyl (C=O) groups excluding carboxylic acids is 1. The second kappa shape index (κ2) is 9.30. The number of ketones is 1. The molecule has 5 rings (SSSR count). The van der Waals surface area contributed by atoms with Crippen LogP contribution in [0.4, 0.5) is 5.69 Å². The SMILES string of the molecule is Cc1cccc(C(=O)Cc2ccc(C3CC3NC3CCN(c4ccccc4)CC3)cc2)c1. The van der Waals surface area contributed by atoms with Gasteiger partial charge in [0, 0.05) is 48.8 Å². The van der Waals surface area contributed by atoms with Crippen molar-refractivity contribution in [3.63, 3.8) is 0 Å². The van der Waals surface area contributed by atoms with Crippen LogP contribution in [-0.4, -0.2) is 31.0 Å². The Hall–Kier alpha value is -2.91. The third-order valence-corrected chi connectivity index (χ3v) is 6.97. The average molecular weight is 425 g/mol. The number of hydrogen-bond acceptors (Lipinski definition) is 3. The predicted molar refractivity (Wildman–Crippen MR) is 132 cm³/mol. The van der Waals surface area contributed by atoms with Crippen LogP contribution in [0.25, 0.3) is 0 Å². The van der Waals surface area contributed by atoms with Crippen LogP contribution in [0.2, 0.25) is 0 Å². The fourth-order valence-electron chi connectivity index (χ4n) is 4.98. The van der Waals surface area contributed by atoms with Gasteiger partial charge in [0.2, 0.25) is 0 Å². The fourth-order valence-corrected chi connectivity index (χ4v) is 4.98. The van der Waals surface area contributed by atoms with Gasteiger partial charge >= 0.3 is 0 Å². The minimum absolute atomic E-state index is 0.189. The molecule has 1 saturated carbocycles. The van der Waals surface area contributed by atoms with Gasteiger partial charge in [0.25, 0.3) is 0 Å². The van der Waals surface area contributed by atoms with Crippen molar-refractivity contribution in [2.24, 2.45) is 0 Å². The van der Waals surface area contributed by atoms with Crippen molar-refractivity contribution in [3.8, 4) is 0 Å². The van der Waals surface area contributed by atoms with E-state index in [9.17, 15) is 4.79 Å². The number of Topliss-reactive ketones (excluding diaryl/α,β-unsaturated/α-hetero) is 1. The molecule has 3 heteroatoms. The summed E-state index contributed by atoms with van der Waals surface area (Å²) in [5.74, 6) is 0.804. The van der Waals surface area contributed by atoms with Gasteiger partial charge in [-0.1, -0.05) is 66.2 Å². The van der Waals surface area contributed by atoms with Gasteiger partial charge < -0.3 is 10.2 Å². The van der Waals surface area contributed by atoms with Crippen LogP contribution in [0.5, 0.6) is 0 Å². The number of benzene rings is 3. The molecular formula is C29H32N2O. The lowest BCUT2D eigenvalue weighted by molar-refractivity contribution is 0.0993. The van der Waals surface area contributed by atoms with E-state index in [0.717, 1.165) is 29.8 Å². The molecule has 1 heterocycles. The number of anilines is 1. The molecule has 2 unspecified atom stereocenters. The fraction of sp³-hybridized carbons (Fsp3) is 0.345. The molecule has 3 nitrogen and oxygen atoms in total. The van der Waals surface area contributed by atoms with Crippen molar-refractivity contribution < 1.29 is 4.79 Å². The Balaban J connectivity index is 1.10. The van der Waals surface area contributed by atoms with Crippen LogP contribution in [0.1, 0.15) is 52.2 Å². The maximum absolute atomic E-state index is 12.6. The zero-order valence-electron chi connectivity index (χ0n) is 18.8. The number of nitrogens with one attached hydrogen (secondary N) is 1. The lowest BCUT2D eigenvalue weighted by atomic mass is 9.99. The molecule has 1 aliphatic heterocycles. The van der Waals surface area contributed by atoms with Gasteiger partial charge in [0.15, 0.2) is 5.78 Å². The Morgan fingerprint density at radius 1 is 0.938 bits per heavy atom. The Kier molecular flexibility index (Phi) is 6.09. The molecule has 2 atom stereocenters. The summed E-state index contributed by atoms with van der Waals surface area (Å²) < 4.78 is 0.